The molecule has 1 heterocycles. The van der Waals surface area contributed by atoms with Crippen molar-refractivity contribution in [1.29, 1.82) is 0 Å². The fourth-order valence-electron chi connectivity index (χ4n) is 2.61. The lowest BCUT2D eigenvalue weighted by atomic mass is 10.0. The van der Waals surface area contributed by atoms with E-state index >= 15 is 0 Å². The number of aliphatic imine (C=N–C) groups is 1. The van der Waals surface area contributed by atoms with Crippen LogP contribution in [0.5, 0.6) is 0 Å². The van der Waals surface area contributed by atoms with Crippen molar-refractivity contribution < 1.29 is 0 Å². The van der Waals surface area contributed by atoms with Crippen molar-refractivity contribution >= 4 is 41.3 Å². The topological polar surface area (TPSA) is 52.6 Å². The van der Waals surface area contributed by atoms with Crippen molar-refractivity contribution in [2.24, 2.45) is 4.99 Å². The number of thiazole rings is 1. The summed E-state index contributed by atoms with van der Waals surface area (Å²) >= 11 is 1.75. The normalized spacial score (nSPS) is 12.6. The SMILES string of the molecule is CN=C(NCCc1ncc(C)s1)NCC(c1ccc(C)cc1)N(C)C.I. The highest BCUT2D eigenvalue weighted by Crippen LogP contribution is 2.17. The lowest BCUT2D eigenvalue weighted by molar-refractivity contribution is 0.298. The lowest BCUT2D eigenvalue weighted by Gasteiger charge is -2.26. The van der Waals surface area contributed by atoms with Gasteiger partial charge in [-0.05, 0) is 33.5 Å². The first kappa shape index (κ1) is 22.9. The summed E-state index contributed by atoms with van der Waals surface area (Å²) in [6.07, 6.45) is 2.84. The summed E-state index contributed by atoms with van der Waals surface area (Å²) in [6, 6.07) is 9.01. The van der Waals surface area contributed by atoms with Crippen LogP contribution in [0, 0.1) is 13.8 Å². The van der Waals surface area contributed by atoms with Gasteiger partial charge in [0, 0.05) is 37.6 Å². The van der Waals surface area contributed by atoms with Crippen LogP contribution in [-0.2, 0) is 6.42 Å². The Morgan fingerprint density at radius 1 is 1.19 bits per heavy atom. The molecule has 0 spiro atoms. The van der Waals surface area contributed by atoms with E-state index in [1.54, 1.807) is 18.4 Å². The molecule has 2 aromatic rings. The number of nitrogens with zero attached hydrogens (tertiary/aromatic N) is 3. The van der Waals surface area contributed by atoms with E-state index in [9.17, 15) is 0 Å². The smallest absolute Gasteiger partial charge is 0.191 e. The van der Waals surface area contributed by atoms with Gasteiger partial charge in [0.25, 0.3) is 0 Å². The highest BCUT2D eigenvalue weighted by atomic mass is 127. The van der Waals surface area contributed by atoms with E-state index in [4.69, 9.17) is 0 Å². The van der Waals surface area contributed by atoms with Crippen LogP contribution in [0.2, 0.25) is 0 Å². The quantitative estimate of drug-likeness (QED) is 0.357. The summed E-state index contributed by atoms with van der Waals surface area (Å²) in [5, 5.41) is 7.96. The maximum Gasteiger partial charge on any atom is 0.191 e. The molecule has 144 valence electrons. The summed E-state index contributed by atoms with van der Waals surface area (Å²) < 4.78 is 0. The fraction of sp³-hybridized carbons (Fsp3) is 0.474. The monoisotopic (exact) mass is 487 g/mol. The average molecular weight is 487 g/mol. The van der Waals surface area contributed by atoms with Crippen LogP contribution in [0.15, 0.2) is 35.5 Å². The number of halogens is 1. The number of hydrogen-bond donors (Lipinski definition) is 2. The zero-order valence-electron chi connectivity index (χ0n) is 16.2. The molecule has 2 N–H and O–H groups in total. The van der Waals surface area contributed by atoms with Gasteiger partial charge in [-0.1, -0.05) is 29.8 Å². The first-order valence-corrected chi connectivity index (χ1v) is 9.40. The Kier molecular flexibility index (Phi) is 10.1. The summed E-state index contributed by atoms with van der Waals surface area (Å²) in [5.41, 5.74) is 2.58. The number of likely N-dealkylation sites (N-methyl/N-ethyl adjacent to an activating group) is 1. The van der Waals surface area contributed by atoms with Crippen LogP contribution < -0.4 is 10.6 Å². The third-order valence-corrected chi connectivity index (χ3v) is 5.04. The van der Waals surface area contributed by atoms with Crippen molar-refractivity contribution in [3.05, 3.63) is 51.5 Å². The molecule has 0 amide bonds. The summed E-state index contributed by atoms with van der Waals surface area (Å²) in [4.78, 5) is 12.2. The standard InChI is InChI=1S/C19H29N5S.HI/c1-14-6-8-16(9-7-14)17(24(4)5)13-23-19(20-3)21-11-10-18-22-12-15(2)25-18;/h6-9,12,17H,10-11,13H2,1-5H3,(H2,20,21,23);1H. The average Bonchev–Trinajstić information content (AvgIpc) is 3.00. The minimum absolute atomic E-state index is 0. The third-order valence-electron chi connectivity index (χ3n) is 4.07. The molecular weight excluding hydrogens is 457 g/mol. The molecule has 0 bridgehead atoms. The highest BCUT2D eigenvalue weighted by Gasteiger charge is 2.14. The molecule has 0 saturated heterocycles. The maximum absolute atomic E-state index is 4.39. The number of benzene rings is 1. The van der Waals surface area contributed by atoms with E-state index < -0.39 is 0 Å². The van der Waals surface area contributed by atoms with Gasteiger partial charge in [-0.3, -0.25) is 4.99 Å². The van der Waals surface area contributed by atoms with E-state index in [-0.39, 0.29) is 24.0 Å². The Morgan fingerprint density at radius 2 is 1.88 bits per heavy atom. The first-order chi connectivity index (χ1) is 12.0. The minimum atomic E-state index is 0. The molecule has 1 aromatic carbocycles. The lowest BCUT2D eigenvalue weighted by Crippen LogP contribution is -2.42. The van der Waals surface area contributed by atoms with Gasteiger partial charge >= 0.3 is 0 Å². The zero-order chi connectivity index (χ0) is 18.2. The second-order valence-corrected chi connectivity index (χ2v) is 7.70. The second kappa shape index (κ2) is 11.5. The molecule has 0 aliphatic rings. The fourth-order valence-corrected chi connectivity index (χ4v) is 3.39. The molecule has 1 aromatic heterocycles. The van der Waals surface area contributed by atoms with E-state index in [1.807, 2.05) is 6.20 Å². The zero-order valence-corrected chi connectivity index (χ0v) is 19.4. The second-order valence-electron chi connectivity index (χ2n) is 6.38. The molecule has 0 radical (unpaired) electrons. The minimum Gasteiger partial charge on any atom is -0.356 e. The Morgan fingerprint density at radius 3 is 2.42 bits per heavy atom. The molecule has 1 atom stereocenters. The number of aromatic nitrogens is 1. The van der Waals surface area contributed by atoms with Gasteiger partial charge in [-0.2, -0.15) is 0 Å². The van der Waals surface area contributed by atoms with Gasteiger partial charge in [0.15, 0.2) is 5.96 Å². The van der Waals surface area contributed by atoms with Gasteiger partial charge in [-0.15, -0.1) is 35.3 Å². The van der Waals surface area contributed by atoms with Crippen LogP contribution >= 0.6 is 35.3 Å². The molecule has 0 fully saturated rings. The van der Waals surface area contributed by atoms with Crippen molar-refractivity contribution in [1.82, 2.24) is 20.5 Å². The van der Waals surface area contributed by atoms with E-state index in [1.165, 1.54) is 16.0 Å². The predicted molar refractivity (Wildman–Crippen MR) is 123 cm³/mol. The number of aryl methyl sites for hydroxylation is 2. The van der Waals surface area contributed by atoms with E-state index in [2.05, 4.69) is 77.7 Å². The number of guanidine groups is 1. The first-order valence-electron chi connectivity index (χ1n) is 8.58. The van der Waals surface area contributed by atoms with Crippen LogP contribution in [0.25, 0.3) is 0 Å². The molecule has 0 aliphatic carbocycles. The van der Waals surface area contributed by atoms with Gasteiger partial charge < -0.3 is 15.5 Å². The molecular formula is C19H30IN5S. The maximum atomic E-state index is 4.39. The van der Waals surface area contributed by atoms with Gasteiger partial charge in [-0.25, -0.2) is 4.98 Å². The van der Waals surface area contributed by atoms with Crippen molar-refractivity contribution in [2.75, 3.05) is 34.2 Å². The van der Waals surface area contributed by atoms with Crippen molar-refractivity contribution in [3.63, 3.8) is 0 Å². The Bertz CT molecular complexity index is 681. The number of rotatable bonds is 7. The summed E-state index contributed by atoms with van der Waals surface area (Å²) in [6.45, 7) is 5.82. The van der Waals surface area contributed by atoms with Crippen LogP contribution in [0.1, 0.15) is 27.1 Å². The Balaban J connectivity index is 0.00000338. The summed E-state index contributed by atoms with van der Waals surface area (Å²) in [7, 11) is 6.01. The van der Waals surface area contributed by atoms with Crippen LogP contribution in [0.3, 0.4) is 0 Å². The molecule has 0 aliphatic heterocycles. The Labute approximate surface area is 178 Å². The van der Waals surface area contributed by atoms with Crippen LogP contribution in [0.4, 0.5) is 0 Å². The molecule has 1 unspecified atom stereocenters. The van der Waals surface area contributed by atoms with Crippen molar-refractivity contribution in [3.8, 4) is 0 Å². The highest BCUT2D eigenvalue weighted by molar-refractivity contribution is 14.0. The summed E-state index contributed by atoms with van der Waals surface area (Å²) in [5.74, 6) is 0.826. The Hall–Kier alpha value is -1.19. The predicted octanol–water partition coefficient (Wildman–Crippen LogP) is 3.39. The number of hydrogen-bond acceptors (Lipinski definition) is 4. The molecule has 2 rings (SSSR count). The molecule has 0 saturated carbocycles. The molecule has 7 heteroatoms. The molecule has 26 heavy (non-hydrogen) atoms. The van der Waals surface area contributed by atoms with Crippen molar-refractivity contribution in [2.45, 2.75) is 26.3 Å². The van der Waals surface area contributed by atoms with Gasteiger partial charge in [0.2, 0.25) is 0 Å². The van der Waals surface area contributed by atoms with E-state index in [0.29, 0.717) is 6.04 Å². The van der Waals surface area contributed by atoms with E-state index in [0.717, 1.165) is 30.5 Å². The third kappa shape index (κ3) is 7.20. The molecule has 5 nitrogen and oxygen atoms in total. The van der Waals surface area contributed by atoms with Gasteiger partial charge in [0.05, 0.1) is 11.0 Å². The largest absolute Gasteiger partial charge is 0.356 e. The number of nitrogens with one attached hydrogen (secondary N) is 2. The van der Waals surface area contributed by atoms with Gasteiger partial charge in [0.1, 0.15) is 0 Å². The van der Waals surface area contributed by atoms with Crippen LogP contribution in [-0.4, -0.2) is 50.1 Å².